The Hall–Kier alpha value is -1.30. The normalized spacial score (nSPS) is 10.9. The Balaban J connectivity index is 1.70. The number of benzene rings is 2. The number of thioether (sulfide) groups is 1. The highest BCUT2D eigenvalue weighted by Crippen LogP contribution is 2.21. The third-order valence-corrected chi connectivity index (χ3v) is 5.02. The zero-order valence-electron chi connectivity index (χ0n) is 14.6. The molecule has 2 rings (SSSR count). The quantitative estimate of drug-likeness (QED) is 0.567. The van der Waals surface area contributed by atoms with Gasteiger partial charge in [0, 0.05) is 28.1 Å². The van der Waals surface area contributed by atoms with Gasteiger partial charge in [-0.1, -0.05) is 40.2 Å². The van der Waals surface area contributed by atoms with Crippen molar-refractivity contribution in [2.45, 2.75) is 44.4 Å². The first-order chi connectivity index (χ1) is 12.0. The lowest BCUT2D eigenvalue weighted by atomic mass is 10.1. The summed E-state index contributed by atoms with van der Waals surface area (Å²) in [4.78, 5) is 13.2. The lowest BCUT2D eigenvalue weighted by molar-refractivity contribution is -0.120. The van der Waals surface area contributed by atoms with E-state index in [0.29, 0.717) is 19.6 Å². The first-order valence-corrected chi connectivity index (χ1v) is 10.2. The molecule has 0 saturated heterocycles. The fourth-order valence-corrected chi connectivity index (χ4v) is 3.29. The van der Waals surface area contributed by atoms with E-state index in [0.717, 1.165) is 21.4 Å². The average molecular weight is 422 g/mol. The smallest absolute Gasteiger partial charge is 0.221 e. The molecule has 0 saturated carbocycles. The van der Waals surface area contributed by atoms with E-state index in [9.17, 15) is 4.79 Å². The molecule has 0 aromatic heterocycles. The van der Waals surface area contributed by atoms with E-state index < -0.39 is 0 Å². The Kier molecular flexibility index (Phi) is 8.52. The summed E-state index contributed by atoms with van der Waals surface area (Å²) in [5.41, 5.74) is 2.23. The van der Waals surface area contributed by atoms with Crippen LogP contribution in [0.3, 0.4) is 0 Å². The number of hydrogen-bond donors (Lipinski definition) is 1. The van der Waals surface area contributed by atoms with Crippen LogP contribution in [-0.4, -0.2) is 17.8 Å². The summed E-state index contributed by atoms with van der Waals surface area (Å²) in [7, 11) is 0. The van der Waals surface area contributed by atoms with Gasteiger partial charge in [-0.15, -0.1) is 11.8 Å². The zero-order valence-corrected chi connectivity index (χ0v) is 17.0. The summed E-state index contributed by atoms with van der Waals surface area (Å²) in [6.07, 6.45) is 0.725. The number of nitrogens with one attached hydrogen (secondary N) is 1. The van der Waals surface area contributed by atoms with Gasteiger partial charge in [-0.3, -0.25) is 4.79 Å². The molecule has 0 aliphatic heterocycles. The predicted molar refractivity (Wildman–Crippen MR) is 108 cm³/mol. The summed E-state index contributed by atoms with van der Waals surface area (Å²) in [5.74, 6) is 0.851. The van der Waals surface area contributed by atoms with E-state index in [4.69, 9.17) is 4.74 Å². The molecule has 0 spiro atoms. The second-order valence-corrected chi connectivity index (χ2v) is 8.09. The van der Waals surface area contributed by atoms with Crippen LogP contribution < -0.4 is 5.32 Å². The maximum atomic E-state index is 12.0. The predicted octanol–water partition coefficient (Wildman–Crippen LogP) is 5.17. The Morgan fingerprint density at radius 1 is 1.16 bits per heavy atom. The maximum Gasteiger partial charge on any atom is 0.221 e. The van der Waals surface area contributed by atoms with Crippen molar-refractivity contribution >= 4 is 33.6 Å². The van der Waals surface area contributed by atoms with Crippen LogP contribution in [0.15, 0.2) is 57.9 Å². The van der Waals surface area contributed by atoms with E-state index in [2.05, 4.69) is 39.4 Å². The molecule has 25 heavy (non-hydrogen) atoms. The number of carbonyl (C=O) groups excluding carboxylic acids is 1. The number of carbonyl (C=O) groups is 1. The van der Waals surface area contributed by atoms with Gasteiger partial charge in [-0.25, -0.2) is 0 Å². The lowest BCUT2D eigenvalue weighted by Gasteiger charge is -2.10. The van der Waals surface area contributed by atoms with Gasteiger partial charge < -0.3 is 10.1 Å². The third kappa shape index (κ3) is 8.08. The molecule has 2 aromatic carbocycles. The fraction of sp³-hybridized carbons (Fsp3) is 0.350. The van der Waals surface area contributed by atoms with Crippen molar-refractivity contribution < 1.29 is 9.53 Å². The number of halogens is 1. The van der Waals surface area contributed by atoms with Gasteiger partial charge in [-0.05, 0) is 49.2 Å². The molecular formula is C20H24BrNO2S. The Labute approximate surface area is 162 Å². The van der Waals surface area contributed by atoms with Crippen LogP contribution in [0.2, 0.25) is 0 Å². The van der Waals surface area contributed by atoms with Crippen molar-refractivity contribution in [2.75, 3.05) is 5.75 Å². The highest BCUT2D eigenvalue weighted by molar-refractivity contribution is 9.10. The van der Waals surface area contributed by atoms with Crippen molar-refractivity contribution in [1.82, 2.24) is 5.32 Å². The molecule has 0 unspecified atom stereocenters. The number of hydrogen-bond acceptors (Lipinski definition) is 3. The SMILES string of the molecule is CC(C)OCc1cccc(CNC(=O)CCSc2ccc(Br)cc2)c1. The zero-order chi connectivity index (χ0) is 18.1. The van der Waals surface area contributed by atoms with Crippen molar-refractivity contribution in [2.24, 2.45) is 0 Å². The molecule has 0 bridgehead atoms. The summed E-state index contributed by atoms with van der Waals surface area (Å²) in [6, 6.07) is 16.3. The number of ether oxygens (including phenoxy) is 1. The summed E-state index contributed by atoms with van der Waals surface area (Å²) in [5, 5.41) is 2.99. The van der Waals surface area contributed by atoms with Crippen molar-refractivity contribution in [3.05, 3.63) is 64.1 Å². The summed E-state index contributed by atoms with van der Waals surface area (Å²) in [6.45, 7) is 5.20. The standard InChI is InChI=1S/C20H24BrNO2S/c1-15(2)24-14-17-5-3-4-16(12-17)13-22-20(23)10-11-25-19-8-6-18(21)7-9-19/h3-9,12,15H,10-11,13-14H2,1-2H3,(H,22,23). The van der Waals surface area contributed by atoms with E-state index in [1.807, 2.05) is 44.2 Å². The van der Waals surface area contributed by atoms with Crippen molar-refractivity contribution in [3.63, 3.8) is 0 Å². The lowest BCUT2D eigenvalue weighted by Crippen LogP contribution is -2.23. The summed E-state index contributed by atoms with van der Waals surface area (Å²) < 4.78 is 6.68. The minimum absolute atomic E-state index is 0.0773. The average Bonchev–Trinajstić information content (AvgIpc) is 2.60. The number of rotatable bonds is 9. The molecule has 3 nitrogen and oxygen atoms in total. The van der Waals surface area contributed by atoms with Crippen LogP contribution in [0.4, 0.5) is 0 Å². The molecular weight excluding hydrogens is 398 g/mol. The van der Waals surface area contributed by atoms with Crippen LogP contribution in [0.1, 0.15) is 31.4 Å². The van der Waals surface area contributed by atoms with Gasteiger partial charge in [0.25, 0.3) is 0 Å². The van der Waals surface area contributed by atoms with Crippen LogP contribution in [0.5, 0.6) is 0 Å². The number of amides is 1. The van der Waals surface area contributed by atoms with Crippen LogP contribution >= 0.6 is 27.7 Å². The highest BCUT2D eigenvalue weighted by Gasteiger charge is 2.04. The van der Waals surface area contributed by atoms with Crippen molar-refractivity contribution in [3.8, 4) is 0 Å². The first-order valence-electron chi connectivity index (χ1n) is 8.37. The van der Waals surface area contributed by atoms with E-state index in [1.54, 1.807) is 11.8 Å². The first kappa shape index (κ1) is 20.0. The molecule has 134 valence electrons. The molecule has 5 heteroatoms. The second kappa shape index (κ2) is 10.6. The van der Waals surface area contributed by atoms with E-state index in [-0.39, 0.29) is 12.0 Å². The van der Waals surface area contributed by atoms with Crippen molar-refractivity contribution in [1.29, 1.82) is 0 Å². The Morgan fingerprint density at radius 3 is 2.60 bits per heavy atom. The second-order valence-electron chi connectivity index (χ2n) is 6.01. The molecule has 1 N–H and O–H groups in total. The minimum atomic E-state index is 0.0773. The molecule has 0 atom stereocenters. The Morgan fingerprint density at radius 2 is 1.88 bits per heavy atom. The third-order valence-electron chi connectivity index (χ3n) is 3.48. The van der Waals surface area contributed by atoms with Crippen LogP contribution in [0.25, 0.3) is 0 Å². The van der Waals surface area contributed by atoms with Gasteiger partial charge in [0.15, 0.2) is 0 Å². The summed E-state index contributed by atoms with van der Waals surface area (Å²) >= 11 is 5.11. The molecule has 1 amide bonds. The maximum absolute atomic E-state index is 12.0. The van der Waals surface area contributed by atoms with Gasteiger partial charge in [0.1, 0.15) is 0 Å². The fourth-order valence-electron chi connectivity index (χ4n) is 2.17. The van der Waals surface area contributed by atoms with Gasteiger partial charge in [0.05, 0.1) is 12.7 Å². The van der Waals surface area contributed by atoms with Gasteiger partial charge >= 0.3 is 0 Å². The van der Waals surface area contributed by atoms with E-state index in [1.165, 1.54) is 4.90 Å². The van der Waals surface area contributed by atoms with Gasteiger partial charge in [-0.2, -0.15) is 0 Å². The molecule has 0 fully saturated rings. The molecule has 0 heterocycles. The highest BCUT2D eigenvalue weighted by atomic mass is 79.9. The molecule has 0 radical (unpaired) electrons. The van der Waals surface area contributed by atoms with E-state index >= 15 is 0 Å². The molecule has 0 aliphatic rings. The molecule has 2 aromatic rings. The topological polar surface area (TPSA) is 38.3 Å². The monoisotopic (exact) mass is 421 g/mol. The minimum Gasteiger partial charge on any atom is -0.374 e. The Bertz CT molecular complexity index is 674. The van der Waals surface area contributed by atoms with Gasteiger partial charge in [0.2, 0.25) is 5.91 Å². The van der Waals surface area contributed by atoms with Crippen LogP contribution in [-0.2, 0) is 22.7 Å². The van der Waals surface area contributed by atoms with Crippen LogP contribution in [0, 0.1) is 0 Å². The largest absolute Gasteiger partial charge is 0.374 e. The molecule has 0 aliphatic carbocycles.